The summed E-state index contributed by atoms with van der Waals surface area (Å²) in [5.74, 6) is 2.03. The fraction of sp³-hybridized carbons (Fsp3) is 0.389. The minimum Gasteiger partial charge on any atom is -0.454 e. The first-order chi connectivity index (χ1) is 13.3. The second kappa shape index (κ2) is 6.58. The molecule has 2 amide bonds. The molecule has 0 bridgehead atoms. The molecule has 0 atom stereocenters. The Hall–Kier alpha value is -3.07. The van der Waals surface area contributed by atoms with Gasteiger partial charge in [0.15, 0.2) is 11.5 Å². The van der Waals surface area contributed by atoms with Crippen LogP contribution in [0.25, 0.3) is 0 Å². The summed E-state index contributed by atoms with van der Waals surface area (Å²) in [5, 5.41) is 2.90. The highest BCUT2D eigenvalue weighted by molar-refractivity contribution is 5.90. The maximum Gasteiger partial charge on any atom is 0.322 e. The number of morpholine rings is 1. The molecule has 0 saturated carbocycles. The van der Waals surface area contributed by atoms with Crippen molar-refractivity contribution in [3.63, 3.8) is 0 Å². The Morgan fingerprint density at radius 1 is 1.11 bits per heavy atom. The van der Waals surface area contributed by atoms with Crippen LogP contribution in [0.1, 0.15) is 11.3 Å². The summed E-state index contributed by atoms with van der Waals surface area (Å²) < 4.78 is 16.0. The van der Waals surface area contributed by atoms with Gasteiger partial charge in [-0.1, -0.05) is 0 Å². The van der Waals surface area contributed by atoms with Crippen LogP contribution in [0.5, 0.6) is 11.5 Å². The Kier molecular flexibility index (Phi) is 3.93. The first kappa shape index (κ1) is 16.1. The lowest BCUT2D eigenvalue weighted by atomic mass is 10.3. The average Bonchev–Trinajstić information content (AvgIpc) is 3.34. The Bertz CT molecular complexity index is 884. The molecule has 1 fully saturated rings. The predicted octanol–water partition coefficient (Wildman–Crippen LogP) is 1.59. The number of hydrogen-bond acceptors (Lipinski definition) is 7. The number of ether oxygens (including phenoxy) is 3. The lowest BCUT2D eigenvalue weighted by Gasteiger charge is -2.26. The molecular weight excluding hydrogens is 350 g/mol. The molecule has 1 aromatic carbocycles. The van der Waals surface area contributed by atoms with E-state index >= 15 is 0 Å². The first-order valence-corrected chi connectivity index (χ1v) is 8.89. The van der Waals surface area contributed by atoms with Gasteiger partial charge in [0.05, 0.1) is 32.0 Å². The van der Waals surface area contributed by atoms with Gasteiger partial charge in [0, 0.05) is 36.6 Å². The van der Waals surface area contributed by atoms with Crippen molar-refractivity contribution in [2.45, 2.75) is 13.1 Å². The van der Waals surface area contributed by atoms with E-state index in [4.69, 9.17) is 14.2 Å². The average molecular weight is 369 g/mol. The molecule has 3 aliphatic heterocycles. The third kappa shape index (κ3) is 3.10. The smallest absolute Gasteiger partial charge is 0.322 e. The van der Waals surface area contributed by atoms with Gasteiger partial charge >= 0.3 is 6.03 Å². The number of carbonyl (C=O) groups excluding carboxylic acids is 1. The molecular formula is C18H19N5O4. The van der Waals surface area contributed by atoms with E-state index in [1.165, 1.54) is 0 Å². The number of anilines is 2. The van der Waals surface area contributed by atoms with Gasteiger partial charge in [0.25, 0.3) is 0 Å². The molecule has 0 aliphatic carbocycles. The van der Waals surface area contributed by atoms with Crippen LogP contribution in [0.2, 0.25) is 0 Å². The molecule has 2 aromatic rings. The normalized spacial score (nSPS) is 17.8. The summed E-state index contributed by atoms with van der Waals surface area (Å²) in [6.07, 6.45) is 1.82. The number of aromatic nitrogens is 2. The monoisotopic (exact) mass is 369 g/mol. The van der Waals surface area contributed by atoms with Crippen molar-refractivity contribution < 1.29 is 19.0 Å². The third-order valence-electron chi connectivity index (χ3n) is 4.85. The van der Waals surface area contributed by atoms with Crippen LogP contribution in [0.4, 0.5) is 16.4 Å². The number of carbonyl (C=O) groups is 1. The number of nitrogens with zero attached hydrogens (tertiary/aromatic N) is 4. The zero-order valence-corrected chi connectivity index (χ0v) is 14.7. The predicted molar refractivity (Wildman–Crippen MR) is 95.9 cm³/mol. The summed E-state index contributed by atoms with van der Waals surface area (Å²) in [6, 6.07) is 5.17. The summed E-state index contributed by atoms with van der Waals surface area (Å²) in [7, 11) is 0. The number of nitrogens with one attached hydrogen (secondary N) is 1. The number of rotatable bonds is 2. The van der Waals surface area contributed by atoms with Crippen LogP contribution in [0.15, 0.2) is 24.4 Å². The van der Waals surface area contributed by atoms with Crippen LogP contribution in [0.3, 0.4) is 0 Å². The maximum atomic E-state index is 12.6. The molecule has 140 valence electrons. The van der Waals surface area contributed by atoms with E-state index in [1.807, 2.05) is 6.20 Å². The van der Waals surface area contributed by atoms with Crippen LogP contribution < -0.4 is 19.7 Å². The fourth-order valence-electron chi connectivity index (χ4n) is 3.38. The van der Waals surface area contributed by atoms with Crippen molar-refractivity contribution in [2.75, 3.05) is 43.3 Å². The second-order valence-electron chi connectivity index (χ2n) is 6.60. The van der Waals surface area contributed by atoms with Crippen LogP contribution in [-0.2, 0) is 17.8 Å². The maximum absolute atomic E-state index is 12.6. The quantitative estimate of drug-likeness (QED) is 0.860. The molecule has 4 heterocycles. The Morgan fingerprint density at radius 2 is 1.96 bits per heavy atom. The number of hydrogen-bond donors (Lipinski definition) is 1. The molecule has 27 heavy (non-hydrogen) atoms. The van der Waals surface area contributed by atoms with Crippen LogP contribution in [-0.4, -0.2) is 54.0 Å². The third-order valence-corrected chi connectivity index (χ3v) is 4.85. The highest BCUT2D eigenvalue weighted by Gasteiger charge is 2.27. The molecule has 1 aromatic heterocycles. The number of amides is 2. The van der Waals surface area contributed by atoms with Crippen molar-refractivity contribution in [3.05, 3.63) is 35.7 Å². The standard InChI is InChI=1S/C18H19N5O4/c24-18(20-13-1-2-15-16(7-13)27-11-26-15)23-9-12-8-19-17(21-14(12)10-23)22-3-5-25-6-4-22/h1-2,7-8H,3-6,9-11H2,(H,20,24). The zero-order valence-electron chi connectivity index (χ0n) is 14.7. The van der Waals surface area contributed by atoms with Crippen molar-refractivity contribution in [2.24, 2.45) is 0 Å². The Morgan fingerprint density at radius 3 is 2.85 bits per heavy atom. The SMILES string of the molecule is O=C(Nc1ccc2c(c1)OCO2)N1Cc2cnc(N3CCOCC3)nc2C1. The number of urea groups is 1. The van der Waals surface area contributed by atoms with Gasteiger partial charge in [0.2, 0.25) is 12.7 Å². The van der Waals surface area contributed by atoms with E-state index < -0.39 is 0 Å². The van der Waals surface area contributed by atoms with E-state index in [0.717, 1.165) is 24.3 Å². The molecule has 5 rings (SSSR count). The molecule has 1 saturated heterocycles. The minimum absolute atomic E-state index is 0.181. The van der Waals surface area contributed by atoms with Crippen molar-refractivity contribution in [3.8, 4) is 11.5 Å². The molecule has 1 N–H and O–H groups in total. The largest absolute Gasteiger partial charge is 0.454 e. The topological polar surface area (TPSA) is 89.1 Å². The van der Waals surface area contributed by atoms with Crippen molar-refractivity contribution in [1.82, 2.24) is 14.9 Å². The summed E-state index contributed by atoms with van der Waals surface area (Å²) in [4.78, 5) is 25.6. The van der Waals surface area contributed by atoms with Crippen molar-refractivity contribution >= 4 is 17.7 Å². The minimum atomic E-state index is -0.181. The first-order valence-electron chi connectivity index (χ1n) is 8.89. The van der Waals surface area contributed by atoms with Crippen LogP contribution in [0, 0.1) is 0 Å². The van der Waals surface area contributed by atoms with Crippen LogP contribution >= 0.6 is 0 Å². The number of fused-ring (bicyclic) bond motifs is 2. The molecule has 0 radical (unpaired) electrons. The molecule has 0 unspecified atom stereocenters. The highest BCUT2D eigenvalue weighted by atomic mass is 16.7. The Labute approximate surface area is 155 Å². The summed E-state index contributed by atoms with van der Waals surface area (Å²) >= 11 is 0. The highest BCUT2D eigenvalue weighted by Crippen LogP contribution is 2.34. The summed E-state index contributed by atoms with van der Waals surface area (Å²) in [5.41, 5.74) is 2.54. The lowest BCUT2D eigenvalue weighted by molar-refractivity contribution is 0.122. The van der Waals surface area contributed by atoms with E-state index in [1.54, 1.807) is 23.1 Å². The molecule has 9 heteroatoms. The Balaban J connectivity index is 1.27. The van der Waals surface area contributed by atoms with E-state index in [2.05, 4.69) is 20.2 Å². The van der Waals surface area contributed by atoms with Gasteiger partial charge in [0.1, 0.15) is 0 Å². The van der Waals surface area contributed by atoms with E-state index in [0.29, 0.717) is 49.4 Å². The van der Waals surface area contributed by atoms with E-state index in [9.17, 15) is 4.79 Å². The molecule has 0 spiro atoms. The van der Waals surface area contributed by atoms with Gasteiger partial charge in [-0.3, -0.25) is 0 Å². The lowest BCUT2D eigenvalue weighted by Crippen LogP contribution is -2.37. The summed E-state index contributed by atoms with van der Waals surface area (Å²) in [6.45, 7) is 4.11. The van der Waals surface area contributed by atoms with Gasteiger partial charge in [-0.25, -0.2) is 14.8 Å². The van der Waals surface area contributed by atoms with E-state index in [-0.39, 0.29) is 12.8 Å². The van der Waals surface area contributed by atoms with Gasteiger partial charge < -0.3 is 29.3 Å². The molecule has 3 aliphatic rings. The van der Waals surface area contributed by atoms with Gasteiger partial charge in [-0.2, -0.15) is 0 Å². The van der Waals surface area contributed by atoms with Gasteiger partial charge in [-0.05, 0) is 12.1 Å². The zero-order chi connectivity index (χ0) is 18.2. The molecule has 9 nitrogen and oxygen atoms in total. The van der Waals surface area contributed by atoms with Crippen molar-refractivity contribution in [1.29, 1.82) is 0 Å². The van der Waals surface area contributed by atoms with Gasteiger partial charge in [-0.15, -0.1) is 0 Å². The number of benzene rings is 1. The fourth-order valence-corrected chi connectivity index (χ4v) is 3.38. The second-order valence-corrected chi connectivity index (χ2v) is 6.60.